The van der Waals surface area contributed by atoms with E-state index in [9.17, 15) is 13.6 Å². The van der Waals surface area contributed by atoms with Crippen LogP contribution in [0.2, 0.25) is 0 Å². The van der Waals surface area contributed by atoms with Crippen molar-refractivity contribution in [3.63, 3.8) is 0 Å². The normalized spacial score (nSPS) is 10.9. The van der Waals surface area contributed by atoms with Crippen molar-refractivity contribution >= 4 is 28.0 Å². The third-order valence-electron chi connectivity index (χ3n) is 1.72. The fraction of sp³-hybridized carbons (Fsp3) is 0.100. The lowest BCUT2D eigenvalue weighted by Crippen LogP contribution is -2.05. The van der Waals surface area contributed by atoms with E-state index in [0.717, 1.165) is 6.07 Å². The molecule has 0 atom stereocenters. The zero-order valence-corrected chi connectivity index (χ0v) is 9.09. The number of alkyl halides is 1. The van der Waals surface area contributed by atoms with Crippen LogP contribution in [-0.2, 0) is 0 Å². The van der Waals surface area contributed by atoms with Crippen LogP contribution in [0.3, 0.4) is 0 Å². The maximum absolute atomic E-state index is 13.4. The van der Waals surface area contributed by atoms with E-state index in [1.54, 1.807) is 6.08 Å². The van der Waals surface area contributed by atoms with Crippen molar-refractivity contribution in [3.05, 3.63) is 41.0 Å². The fourth-order valence-corrected chi connectivity index (χ4v) is 1.25. The van der Waals surface area contributed by atoms with Crippen LogP contribution in [0, 0.1) is 11.6 Å². The van der Waals surface area contributed by atoms with Crippen LogP contribution in [-0.4, -0.2) is 16.4 Å². The highest BCUT2D eigenvalue weighted by Gasteiger charge is 2.18. The molecule has 0 bridgehead atoms. The smallest absolute Gasteiger partial charge is 0.341 e. The Morgan fingerprint density at radius 3 is 2.67 bits per heavy atom. The first-order chi connectivity index (χ1) is 7.07. The molecule has 0 radical (unpaired) electrons. The molecule has 80 valence electrons. The molecule has 0 aliphatic carbocycles. The lowest BCUT2D eigenvalue weighted by molar-refractivity contribution is 0.0686. The summed E-state index contributed by atoms with van der Waals surface area (Å²) in [5.74, 6) is -3.74. The molecular formula is C10H7BrF2O2. The summed E-state index contributed by atoms with van der Waals surface area (Å²) in [5, 5.41) is 9.09. The molecule has 0 aromatic heterocycles. The molecular weight excluding hydrogens is 270 g/mol. The van der Waals surface area contributed by atoms with Gasteiger partial charge >= 0.3 is 5.97 Å². The third kappa shape index (κ3) is 2.62. The first-order valence-corrected chi connectivity index (χ1v) is 5.14. The molecule has 0 aliphatic heterocycles. The highest BCUT2D eigenvalue weighted by molar-refractivity contribution is 9.09. The molecule has 0 fully saturated rings. The molecule has 0 spiro atoms. The quantitative estimate of drug-likeness (QED) is 0.862. The number of carboxylic acids is 1. The molecule has 0 saturated carbocycles. The van der Waals surface area contributed by atoms with Gasteiger partial charge in [-0.25, -0.2) is 13.6 Å². The van der Waals surface area contributed by atoms with Crippen molar-refractivity contribution in [3.8, 4) is 0 Å². The minimum atomic E-state index is -1.61. The van der Waals surface area contributed by atoms with Crippen LogP contribution in [0.4, 0.5) is 8.78 Å². The predicted octanol–water partition coefficient (Wildman–Crippen LogP) is 3.07. The summed E-state index contributed by atoms with van der Waals surface area (Å²) in [5.41, 5.74) is -0.875. The van der Waals surface area contributed by atoms with Gasteiger partial charge in [0.1, 0.15) is 17.2 Å². The lowest BCUT2D eigenvalue weighted by atomic mass is 10.1. The number of hydrogen-bond acceptors (Lipinski definition) is 1. The number of allylic oxidation sites excluding steroid dienone is 1. The molecule has 0 heterocycles. The van der Waals surface area contributed by atoms with Gasteiger partial charge < -0.3 is 5.11 Å². The van der Waals surface area contributed by atoms with E-state index in [2.05, 4.69) is 15.9 Å². The molecule has 0 amide bonds. The Kier molecular flexibility index (Phi) is 3.96. The number of aromatic carboxylic acids is 1. The van der Waals surface area contributed by atoms with E-state index < -0.39 is 23.2 Å². The van der Waals surface area contributed by atoms with Crippen molar-refractivity contribution in [2.45, 2.75) is 0 Å². The number of halogens is 3. The Labute approximate surface area is 93.4 Å². The Morgan fingerprint density at radius 2 is 2.13 bits per heavy atom. The van der Waals surface area contributed by atoms with Crippen molar-refractivity contribution in [2.75, 3.05) is 5.33 Å². The van der Waals surface area contributed by atoms with E-state index in [1.165, 1.54) is 12.1 Å². The monoisotopic (exact) mass is 276 g/mol. The van der Waals surface area contributed by atoms with Gasteiger partial charge in [-0.2, -0.15) is 0 Å². The van der Waals surface area contributed by atoms with Crippen LogP contribution in [0.25, 0.3) is 6.08 Å². The van der Waals surface area contributed by atoms with Gasteiger partial charge in [-0.15, -0.1) is 0 Å². The number of carbonyl (C=O) groups is 1. The zero-order valence-electron chi connectivity index (χ0n) is 7.51. The van der Waals surface area contributed by atoms with Crippen LogP contribution in [0.15, 0.2) is 18.2 Å². The van der Waals surface area contributed by atoms with Gasteiger partial charge in [0.05, 0.1) is 0 Å². The van der Waals surface area contributed by atoms with E-state index in [0.29, 0.717) is 5.33 Å². The maximum atomic E-state index is 13.4. The number of hydrogen-bond donors (Lipinski definition) is 1. The zero-order chi connectivity index (χ0) is 11.4. The minimum Gasteiger partial charge on any atom is -0.477 e. The Bertz CT molecular complexity index is 416. The van der Waals surface area contributed by atoms with Crippen molar-refractivity contribution in [2.24, 2.45) is 0 Å². The number of rotatable bonds is 3. The molecule has 0 aliphatic rings. The van der Waals surface area contributed by atoms with Crippen LogP contribution in [0.1, 0.15) is 15.9 Å². The van der Waals surface area contributed by atoms with E-state index >= 15 is 0 Å². The molecule has 1 aromatic carbocycles. The molecule has 0 unspecified atom stereocenters. The second-order valence-electron chi connectivity index (χ2n) is 2.69. The highest BCUT2D eigenvalue weighted by Crippen LogP contribution is 2.18. The Hall–Kier alpha value is -1.23. The number of carboxylic acid groups (broad SMARTS) is 1. The van der Waals surface area contributed by atoms with Gasteiger partial charge in [-0.05, 0) is 12.1 Å². The Balaban J connectivity index is 3.28. The summed E-state index contributed by atoms with van der Waals surface area (Å²) in [6.45, 7) is 0. The standard InChI is InChI=1S/C10H7BrF2O2/c11-5-1-2-6-3-4-7(12)8(9(6)13)10(14)15/h1-4H,5H2,(H,14,15). The van der Waals surface area contributed by atoms with Gasteiger partial charge in [0.2, 0.25) is 0 Å². The van der Waals surface area contributed by atoms with Gasteiger partial charge in [0.25, 0.3) is 0 Å². The summed E-state index contributed by atoms with van der Waals surface area (Å²) in [4.78, 5) is 10.6. The molecule has 0 saturated heterocycles. The van der Waals surface area contributed by atoms with Gasteiger partial charge in [0.15, 0.2) is 0 Å². The lowest BCUT2D eigenvalue weighted by Gasteiger charge is -2.02. The molecule has 15 heavy (non-hydrogen) atoms. The van der Waals surface area contributed by atoms with Crippen LogP contribution in [0.5, 0.6) is 0 Å². The summed E-state index contributed by atoms with van der Waals surface area (Å²) in [6, 6.07) is 2.12. The average molecular weight is 277 g/mol. The SMILES string of the molecule is O=C(O)c1c(F)ccc(C=CCBr)c1F. The molecule has 1 rings (SSSR count). The summed E-state index contributed by atoms with van der Waals surface area (Å²) >= 11 is 3.09. The van der Waals surface area contributed by atoms with E-state index in [4.69, 9.17) is 5.11 Å². The Morgan fingerprint density at radius 1 is 1.47 bits per heavy atom. The highest BCUT2D eigenvalue weighted by atomic mass is 79.9. The second kappa shape index (κ2) is 5.02. The van der Waals surface area contributed by atoms with Crippen molar-refractivity contribution < 1.29 is 18.7 Å². The first-order valence-electron chi connectivity index (χ1n) is 4.01. The maximum Gasteiger partial charge on any atom is 0.341 e. The fourth-order valence-electron chi connectivity index (χ4n) is 1.06. The summed E-state index contributed by atoms with van der Waals surface area (Å²) in [7, 11) is 0. The predicted molar refractivity (Wildman–Crippen MR) is 56.1 cm³/mol. The first kappa shape index (κ1) is 11.8. The van der Waals surface area contributed by atoms with E-state index in [1.807, 2.05) is 0 Å². The average Bonchev–Trinajstić information content (AvgIpc) is 2.16. The van der Waals surface area contributed by atoms with Crippen LogP contribution < -0.4 is 0 Å². The molecule has 1 aromatic rings. The largest absolute Gasteiger partial charge is 0.477 e. The van der Waals surface area contributed by atoms with Crippen molar-refractivity contribution in [1.82, 2.24) is 0 Å². The number of benzene rings is 1. The topological polar surface area (TPSA) is 37.3 Å². The molecule has 5 heteroatoms. The van der Waals surface area contributed by atoms with Crippen LogP contribution >= 0.6 is 15.9 Å². The van der Waals surface area contributed by atoms with Gasteiger partial charge in [-0.1, -0.05) is 28.1 Å². The summed E-state index contributed by atoms with van der Waals surface area (Å²) in [6.07, 6.45) is 2.97. The molecule has 2 nitrogen and oxygen atoms in total. The molecule has 1 N–H and O–H groups in total. The third-order valence-corrected chi connectivity index (χ3v) is 2.10. The summed E-state index contributed by atoms with van der Waals surface area (Å²) < 4.78 is 26.4. The second-order valence-corrected chi connectivity index (χ2v) is 3.33. The van der Waals surface area contributed by atoms with Crippen molar-refractivity contribution in [1.29, 1.82) is 0 Å². The van der Waals surface area contributed by atoms with E-state index in [-0.39, 0.29) is 5.56 Å². The minimum absolute atomic E-state index is 0.0493. The van der Waals surface area contributed by atoms with Gasteiger partial charge in [0, 0.05) is 10.9 Å². The van der Waals surface area contributed by atoms with Gasteiger partial charge in [-0.3, -0.25) is 0 Å².